The van der Waals surface area contributed by atoms with E-state index in [-0.39, 0.29) is 0 Å². The Hall–Kier alpha value is -0.890. The van der Waals surface area contributed by atoms with Crippen molar-refractivity contribution in [2.24, 2.45) is 28.9 Å². The largest absolute Gasteiger partial charge is 0.327 e. The van der Waals surface area contributed by atoms with Crippen LogP contribution in [-0.2, 0) is 6.42 Å². The highest BCUT2D eigenvalue weighted by molar-refractivity contribution is 5.12. The van der Waals surface area contributed by atoms with Gasteiger partial charge in [-0.15, -0.1) is 0 Å². The molecule has 2 N–H and O–H groups in total. The number of nitrogens with two attached hydrogens (primary N) is 1. The van der Waals surface area contributed by atoms with E-state index < -0.39 is 0 Å². The van der Waals surface area contributed by atoms with Crippen molar-refractivity contribution in [2.45, 2.75) is 57.4 Å². The first-order chi connectivity index (χ1) is 9.71. The Morgan fingerprint density at radius 2 is 1.60 bits per heavy atom. The third-order valence-corrected chi connectivity index (χ3v) is 6.11. The minimum atomic E-state index is 0.327. The van der Waals surface area contributed by atoms with Crippen LogP contribution in [0.25, 0.3) is 0 Å². The molecule has 1 aromatic rings. The number of hydrogen-bond acceptors (Lipinski definition) is 2. The quantitative estimate of drug-likeness (QED) is 0.908. The predicted molar refractivity (Wildman–Crippen MR) is 81.1 cm³/mol. The van der Waals surface area contributed by atoms with Crippen LogP contribution in [0.15, 0.2) is 24.5 Å². The lowest BCUT2D eigenvalue weighted by molar-refractivity contribution is -0.0602. The zero-order chi connectivity index (χ0) is 13.6. The lowest BCUT2D eigenvalue weighted by Gasteiger charge is -2.57. The summed E-state index contributed by atoms with van der Waals surface area (Å²) in [5.41, 5.74) is 8.46. The van der Waals surface area contributed by atoms with Crippen LogP contribution < -0.4 is 5.73 Å². The second-order valence-electron chi connectivity index (χ2n) is 7.94. The van der Waals surface area contributed by atoms with Crippen LogP contribution in [0.1, 0.15) is 50.5 Å². The molecule has 2 heteroatoms. The molecule has 0 aliphatic heterocycles. The van der Waals surface area contributed by atoms with Crippen LogP contribution in [0.4, 0.5) is 0 Å². The fourth-order valence-corrected chi connectivity index (χ4v) is 5.99. The van der Waals surface area contributed by atoms with Crippen LogP contribution in [0.5, 0.6) is 0 Å². The van der Waals surface area contributed by atoms with Gasteiger partial charge < -0.3 is 5.73 Å². The summed E-state index contributed by atoms with van der Waals surface area (Å²) >= 11 is 0. The van der Waals surface area contributed by atoms with Crippen molar-refractivity contribution >= 4 is 0 Å². The Morgan fingerprint density at radius 1 is 1.05 bits per heavy atom. The molecule has 0 amide bonds. The van der Waals surface area contributed by atoms with Crippen LogP contribution in [-0.4, -0.2) is 11.0 Å². The van der Waals surface area contributed by atoms with E-state index in [0.29, 0.717) is 11.5 Å². The van der Waals surface area contributed by atoms with Crippen molar-refractivity contribution in [3.8, 4) is 0 Å². The van der Waals surface area contributed by atoms with Crippen molar-refractivity contribution < 1.29 is 0 Å². The normalized spacial score (nSPS) is 40.0. The zero-order valence-electron chi connectivity index (χ0n) is 12.3. The molecule has 0 radical (unpaired) electrons. The monoisotopic (exact) mass is 270 g/mol. The second-order valence-corrected chi connectivity index (χ2v) is 7.94. The van der Waals surface area contributed by atoms with Crippen LogP contribution in [0, 0.1) is 23.2 Å². The molecule has 4 bridgehead atoms. The van der Waals surface area contributed by atoms with Gasteiger partial charge in [-0.25, -0.2) is 0 Å². The highest BCUT2D eigenvalue weighted by Crippen LogP contribution is 2.61. The maximum Gasteiger partial charge on any atom is 0.0270 e. The van der Waals surface area contributed by atoms with E-state index in [1.165, 1.54) is 50.5 Å². The average Bonchev–Trinajstić information content (AvgIpc) is 2.37. The summed E-state index contributed by atoms with van der Waals surface area (Å²) < 4.78 is 0. The van der Waals surface area contributed by atoms with E-state index in [4.69, 9.17) is 5.73 Å². The average molecular weight is 270 g/mol. The maximum atomic E-state index is 6.51. The Balaban J connectivity index is 1.43. The molecule has 108 valence electrons. The van der Waals surface area contributed by atoms with Crippen molar-refractivity contribution in [3.05, 3.63) is 30.1 Å². The topological polar surface area (TPSA) is 38.9 Å². The third-order valence-electron chi connectivity index (χ3n) is 6.11. The first-order valence-corrected chi connectivity index (χ1v) is 8.35. The summed E-state index contributed by atoms with van der Waals surface area (Å²) in [7, 11) is 0. The van der Waals surface area contributed by atoms with Gasteiger partial charge in [0.2, 0.25) is 0 Å². The molecule has 4 aliphatic carbocycles. The standard InChI is InChI=1S/C18H26N2/c19-17(8-13-1-3-20-4-2-13)12-18-9-14-5-15(10-18)7-16(6-14)11-18/h1-4,14-17H,5-12,19H2. The Morgan fingerprint density at radius 3 is 2.15 bits per heavy atom. The summed E-state index contributed by atoms with van der Waals surface area (Å²) in [5, 5.41) is 0. The van der Waals surface area contributed by atoms with Gasteiger partial charge in [0.25, 0.3) is 0 Å². The molecule has 0 aromatic carbocycles. The van der Waals surface area contributed by atoms with Crippen LogP contribution >= 0.6 is 0 Å². The van der Waals surface area contributed by atoms with Gasteiger partial charge in [0.1, 0.15) is 0 Å². The van der Waals surface area contributed by atoms with Gasteiger partial charge in [0.05, 0.1) is 0 Å². The van der Waals surface area contributed by atoms with Crippen LogP contribution in [0.3, 0.4) is 0 Å². The predicted octanol–water partition coefficient (Wildman–Crippen LogP) is 3.56. The van der Waals surface area contributed by atoms with Crippen molar-refractivity contribution in [1.29, 1.82) is 0 Å². The molecule has 4 aliphatic rings. The number of hydrogen-bond donors (Lipinski definition) is 1. The van der Waals surface area contributed by atoms with Crippen LogP contribution in [0.2, 0.25) is 0 Å². The maximum absolute atomic E-state index is 6.51. The number of aromatic nitrogens is 1. The molecule has 20 heavy (non-hydrogen) atoms. The third kappa shape index (κ3) is 2.39. The fourth-order valence-electron chi connectivity index (χ4n) is 5.99. The zero-order valence-corrected chi connectivity index (χ0v) is 12.3. The lowest BCUT2D eigenvalue weighted by atomic mass is 9.48. The van der Waals surface area contributed by atoms with Gasteiger partial charge >= 0.3 is 0 Å². The van der Waals surface area contributed by atoms with Crippen molar-refractivity contribution in [3.63, 3.8) is 0 Å². The number of pyridine rings is 1. The summed E-state index contributed by atoms with van der Waals surface area (Å²) in [6.07, 6.45) is 15.0. The molecule has 1 atom stereocenters. The SMILES string of the molecule is NC(Cc1ccncc1)CC12CC3CC(CC(C3)C1)C2. The van der Waals surface area contributed by atoms with Gasteiger partial charge in [-0.05, 0) is 92.2 Å². The van der Waals surface area contributed by atoms with Gasteiger partial charge in [0.15, 0.2) is 0 Å². The van der Waals surface area contributed by atoms with E-state index in [0.717, 1.165) is 24.2 Å². The molecule has 1 heterocycles. The summed E-state index contributed by atoms with van der Waals surface area (Å²) in [4.78, 5) is 4.09. The second kappa shape index (κ2) is 4.84. The van der Waals surface area contributed by atoms with E-state index in [2.05, 4.69) is 17.1 Å². The number of rotatable bonds is 4. The molecule has 4 saturated carbocycles. The van der Waals surface area contributed by atoms with Crippen molar-refractivity contribution in [1.82, 2.24) is 4.98 Å². The summed E-state index contributed by atoms with van der Waals surface area (Å²) in [6.45, 7) is 0. The molecule has 4 fully saturated rings. The first-order valence-electron chi connectivity index (χ1n) is 8.35. The van der Waals surface area contributed by atoms with E-state index in [9.17, 15) is 0 Å². The van der Waals surface area contributed by atoms with Gasteiger partial charge in [-0.1, -0.05) is 0 Å². The lowest BCUT2D eigenvalue weighted by Crippen LogP contribution is -2.48. The van der Waals surface area contributed by atoms with Gasteiger partial charge in [-0.2, -0.15) is 0 Å². The van der Waals surface area contributed by atoms with E-state index in [1.807, 2.05) is 12.4 Å². The number of nitrogens with zero attached hydrogens (tertiary/aromatic N) is 1. The molecule has 2 nitrogen and oxygen atoms in total. The Bertz CT molecular complexity index is 432. The molecule has 1 unspecified atom stereocenters. The molecule has 1 aromatic heterocycles. The van der Waals surface area contributed by atoms with Gasteiger partial charge in [0, 0.05) is 18.4 Å². The Labute approximate surface area is 122 Å². The Kier molecular flexibility index (Phi) is 3.10. The molecular weight excluding hydrogens is 244 g/mol. The van der Waals surface area contributed by atoms with E-state index in [1.54, 1.807) is 0 Å². The molecule has 0 spiro atoms. The first kappa shape index (κ1) is 12.8. The summed E-state index contributed by atoms with van der Waals surface area (Å²) in [5.74, 6) is 3.11. The summed E-state index contributed by atoms with van der Waals surface area (Å²) in [6, 6.07) is 4.55. The van der Waals surface area contributed by atoms with Crippen molar-refractivity contribution in [2.75, 3.05) is 0 Å². The fraction of sp³-hybridized carbons (Fsp3) is 0.722. The molecule has 0 saturated heterocycles. The molecular formula is C18H26N2. The smallest absolute Gasteiger partial charge is 0.0270 e. The van der Waals surface area contributed by atoms with E-state index >= 15 is 0 Å². The van der Waals surface area contributed by atoms with Gasteiger partial charge in [-0.3, -0.25) is 4.98 Å². The minimum absolute atomic E-state index is 0.327. The highest BCUT2D eigenvalue weighted by atomic mass is 14.7. The molecule has 5 rings (SSSR count). The highest BCUT2D eigenvalue weighted by Gasteiger charge is 2.50. The minimum Gasteiger partial charge on any atom is -0.327 e.